The molecule has 1 aliphatic heterocycles. The second-order valence-electron chi connectivity index (χ2n) is 8.02. The molecule has 0 radical (unpaired) electrons. The van der Waals surface area contributed by atoms with Crippen molar-refractivity contribution in [1.29, 1.82) is 0 Å². The van der Waals surface area contributed by atoms with Crippen LogP contribution in [-0.4, -0.2) is 54.0 Å². The number of pyridine rings is 1. The van der Waals surface area contributed by atoms with E-state index in [1.54, 1.807) is 37.7 Å². The Morgan fingerprint density at radius 2 is 1.97 bits per heavy atom. The van der Waals surface area contributed by atoms with Crippen LogP contribution in [0.2, 0.25) is 5.02 Å². The Morgan fingerprint density at radius 1 is 1.28 bits per heavy atom. The van der Waals surface area contributed by atoms with Gasteiger partial charge in [0.2, 0.25) is 0 Å². The average molecular weight is 463 g/mol. The monoisotopic (exact) mass is 462 g/mol. The average Bonchev–Trinajstić information content (AvgIpc) is 2.77. The third-order valence-electron chi connectivity index (χ3n) is 6.03. The predicted molar refractivity (Wildman–Crippen MR) is 123 cm³/mol. The van der Waals surface area contributed by atoms with Crippen molar-refractivity contribution in [3.63, 3.8) is 0 Å². The van der Waals surface area contributed by atoms with Crippen LogP contribution in [0.1, 0.15) is 42.6 Å². The number of hydrogen-bond donors (Lipinski definition) is 1. The number of rotatable bonds is 8. The fourth-order valence-corrected chi connectivity index (χ4v) is 4.61. The number of piperidine rings is 1. The Morgan fingerprint density at radius 3 is 2.59 bits per heavy atom. The number of benzene rings is 1. The predicted octanol–water partition coefficient (Wildman–Crippen LogP) is 3.53. The van der Waals surface area contributed by atoms with Gasteiger partial charge in [-0.2, -0.15) is 0 Å². The highest BCUT2D eigenvalue weighted by Gasteiger charge is 2.34. The van der Waals surface area contributed by atoms with Gasteiger partial charge in [0, 0.05) is 24.4 Å². The summed E-state index contributed by atoms with van der Waals surface area (Å²) in [6.07, 6.45) is 1.23. The van der Waals surface area contributed by atoms with Gasteiger partial charge in [-0.3, -0.25) is 14.5 Å². The molecule has 3 rings (SSSR count). The summed E-state index contributed by atoms with van der Waals surface area (Å²) < 4.78 is 12.0. The van der Waals surface area contributed by atoms with Crippen molar-refractivity contribution < 1.29 is 19.4 Å². The lowest BCUT2D eigenvalue weighted by atomic mass is 9.91. The first-order chi connectivity index (χ1) is 15.4. The van der Waals surface area contributed by atoms with E-state index in [0.717, 1.165) is 5.56 Å². The van der Waals surface area contributed by atoms with Crippen molar-refractivity contribution in [2.75, 3.05) is 33.4 Å². The van der Waals surface area contributed by atoms with E-state index in [1.165, 1.54) is 0 Å². The van der Waals surface area contributed by atoms with Crippen molar-refractivity contribution >= 4 is 17.6 Å². The minimum atomic E-state index is -0.534. The lowest BCUT2D eigenvalue weighted by Gasteiger charge is -2.37. The van der Waals surface area contributed by atoms with Gasteiger partial charge in [0.05, 0.1) is 30.7 Å². The van der Waals surface area contributed by atoms with Crippen molar-refractivity contribution in [2.24, 2.45) is 5.92 Å². The molecule has 1 saturated heterocycles. The number of aryl methyl sites for hydroxylation is 1. The molecule has 2 aromatic rings. The number of hydrogen-bond acceptors (Lipinski definition) is 6. The number of carbonyl (C=O) groups is 1. The van der Waals surface area contributed by atoms with E-state index >= 15 is 0 Å². The normalized spacial score (nSPS) is 16.1. The highest BCUT2D eigenvalue weighted by molar-refractivity contribution is 6.31. The molecule has 7 nitrogen and oxygen atoms in total. The van der Waals surface area contributed by atoms with Crippen LogP contribution in [0.3, 0.4) is 0 Å². The second-order valence-corrected chi connectivity index (χ2v) is 8.43. The standard InChI is InChI=1S/C24H31ClN2O5/c1-4-32-24(30)17-9-11-26(12-10-17)22(18-7-5-6-8-19(18)25)21-20(28)15-16(2)27(23(21)29)13-14-31-3/h5-8,15,17,22,28H,4,9-14H2,1-3H3/t22-/m1/s1. The lowest BCUT2D eigenvalue weighted by molar-refractivity contribution is -0.149. The molecule has 1 fully saturated rings. The molecule has 0 aliphatic carbocycles. The molecular formula is C24H31ClN2O5. The van der Waals surface area contributed by atoms with Gasteiger partial charge in [-0.05, 0) is 57.5 Å². The molecule has 1 aliphatic rings. The van der Waals surface area contributed by atoms with Crippen LogP contribution in [0.4, 0.5) is 0 Å². The Hall–Kier alpha value is -2.35. The van der Waals surface area contributed by atoms with E-state index in [2.05, 4.69) is 4.90 Å². The molecule has 0 bridgehead atoms. The number of carbonyl (C=O) groups excluding carboxylic acids is 1. The Balaban J connectivity index is 2.04. The third-order valence-corrected chi connectivity index (χ3v) is 6.37. The van der Waals surface area contributed by atoms with E-state index < -0.39 is 6.04 Å². The zero-order valence-corrected chi connectivity index (χ0v) is 19.6. The zero-order chi connectivity index (χ0) is 23.3. The van der Waals surface area contributed by atoms with Crippen LogP contribution in [0, 0.1) is 12.8 Å². The molecule has 8 heteroatoms. The van der Waals surface area contributed by atoms with Crippen molar-refractivity contribution in [1.82, 2.24) is 9.47 Å². The van der Waals surface area contributed by atoms with Gasteiger partial charge >= 0.3 is 5.97 Å². The Bertz CT molecular complexity index is 998. The fraction of sp³-hybridized carbons (Fsp3) is 0.500. The number of halogens is 1. The van der Waals surface area contributed by atoms with Gasteiger partial charge in [0.25, 0.3) is 5.56 Å². The number of aromatic hydroxyl groups is 1. The van der Waals surface area contributed by atoms with Gasteiger partial charge in [0.1, 0.15) is 5.75 Å². The molecular weight excluding hydrogens is 432 g/mol. The van der Waals surface area contributed by atoms with E-state index in [4.69, 9.17) is 21.1 Å². The summed E-state index contributed by atoms with van der Waals surface area (Å²) in [6.45, 7) is 5.86. The fourth-order valence-electron chi connectivity index (χ4n) is 4.37. The number of nitrogens with zero attached hydrogens (tertiary/aromatic N) is 2. The van der Waals surface area contributed by atoms with Crippen LogP contribution in [0.25, 0.3) is 0 Å². The van der Waals surface area contributed by atoms with Gasteiger partial charge < -0.3 is 19.1 Å². The van der Waals surface area contributed by atoms with Crippen LogP contribution in [-0.2, 0) is 20.8 Å². The number of methoxy groups -OCH3 is 1. The maximum absolute atomic E-state index is 13.5. The highest BCUT2D eigenvalue weighted by Crippen LogP contribution is 2.38. The Kier molecular flexibility index (Phi) is 8.34. The molecule has 1 aromatic heterocycles. The summed E-state index contributed by atoms with van der Waals surface area (Å²) in [7, 11) is 1.59. The quantitative estimate of drug-likeness (QED) is 0.604. The largest absolute Gasteiger partial charge is 0.507 e. The smallest absolute Gasteiger partial charge is 0.309 e. The first kappa shape index (κ1) is 24.3. The molecule has 0 spiro atoms. The van der Waals surface area contributed by atoms with Crippen molar-refractivity contribution in [3.05, 3.63) is 62.5 Å². The summed E-state index contributed by atoms with van der Waals surface area (Å²) in [4.78, 5) is 27.9. The van der Waals surface area contributed by atoms with Crippen LogP contribution in [0.5, 0.6) is 5.75 Å². The summed E-state index contributed by atoms with van der Waals surface area (Å²) in [5.41, 5.74) is 1.43. The van der Waals surface area contributed by atoms with Crippen LogP contribution >= 0.6 is 11.6 Å². The molecule has 32 heavy (non-hydrogen) atoms. The number of esters is 1. The van der Waals surface area contributed by atoms with E-state index in [1.807, 2.05) is 18.2 Å². The molecule has 0 unspecified atom stereocenters. The van der Waals surface area contributed by atoms with Crippen LogP contribution in [0.15, 0.2) is 35.1 Å². The van der Waals surface area contributed by atoms with E-state index in [0.29, 0.717) is 56.4 Å². The first-order valence-corrected chi connectivity index (χ1v) is 11.3. The molecule has 0 saturated carbocycles. The van der Waals surface area contributed by atoms with Crippen LogP contribution < -0.4 is 5.56 Å². The second kappa shape index (κ2) is 11.0. The molecule has 1 N–H and O–H groups in total. The first-order valence-electron chi connectivity index (χ1n) is 11.0. The SMILES string of the molecule is CCOC(=O)C1CCN([C@H](c2ccccc2Cl)c2c(O)cc(C)n(CCOC)c2=O)CC1. The lowest BCUT2D eigenvalue weighted by Crippen LogP contribution is -2.42. The minimum Gasteiger partial charge on any atom is -0.507 e. The number of ether oxygens (including phenoxy) is 2. The summed E-state index contributed by atoms with van der Waals surface area (Å²) in [6, 6.07) is 8.44. The van der Waals surface area contributed by atoms with Gasteiger partial charge in [0.15, 0.2) is 0 Å². The topological polar surface area (TPSA) is 81.0 Å². The van der Waals surface area contributed by atoms with E-state index in [-0.39, 0.29) is 28.8 Å². The number of aromatic nitrogens is 1. The van der Waals surface area contributed by atoms with Gasteiger partial charge in [-0.1, -0.05) is 29.8 Å². The van der Waals surface area contributed by atoms with Crippen molar-refractivity contribution in [3.8, 4) is 5.75 Å². The third kappa shape index (κ3) is 5.17. The molecule has 0 amide bonds. The Labute approximate surface area is 193 Å². The summed E-state index contributed by atoms with van der Waals surface area (Å²) in [5.74, 6) is -0.400. The van der Waals surface area contributed by atoms with Gasteiger partial charge in [-0.15, -0.1) is 0 Å². The maximum atomic E-state index is 13.5. The molecule has 1 atom stereocenters. The van der Waals surface area contributed by atoms with Crippen molar-refractivity contribution in [2.45, 2.75) is 39.3 Å². The summed E-state index contributed by atoms with van der Waals surface area (Å²) >= 11 is 6.56. The molecule has 174 valence electrons. The summed E-state index contributed by atoms with van der Waals surface area (Å²) in [5, 5.41) is 11.4. The van der Waals surface area contributed by atoms with Gasteiger partial charge in [-0.25, -0.2) is 0 Å². The minimum absolute atomic E-state index is 0.0568. The highest BCUT2D eigenvalue weighted by atomic mass is 35.5. The zero-order valence-electron chi connectivity index (χ0n) is 18.8. The molecule has 2 heterocycles. The number of likely N-dealkylation sites (tertiary alicyclic amines) is 1. The maximum Gasteiger partial charge on any atom is 0.309 e. The van der Waals surface area contributed by atoms with E-state index in [9.17, 15) is 14.7 Å². The molecule has 1 aromatic carbocycles.